The standard InChI is InChI=1S/C47H49N3O10S/c1-4-43(51)57-30-14-8-6-12-28-55-37-22-18-34(19-23-37)45(53)59-39-26-27-41(36(32-39)33-48-50(3)47-49-40-16-10-11-17-42(40)61-47)60-46(54)35-20-24-38(25-21-35)56-29-13-7-9-15-31-58-44(52)5-2/h4-5,10-11,16-27,32-33H,1-2,6-9,12-15,28-31H2,3H3. The fraction of sp³-hybridized carbons (Fsp3) is 0.277. The third-order valence-corrected chi connectivity index (χ3v) is 10.0. The molecular weight excluding hydrogens is 799 g/mol. The maximum Gasteiger partial charge on any atom is 0.343 e. The number of unbranched alkanes of at least 4 members (excludes halogenated alkanes) is 6. The van der Waals surface area contributed by atoms with Crippen LogP contribution in [0.1, 0.15) is 77.6 Å². The van der Waals surface area contributed by atoms with Crippen LogP contribution in [0.2, 0.25) is 0 Å². The third kappa shape index (κ3) is 15.1. The van der Waals surface area contributed by atoms with E-state index in [0.717, 1.165) is 73.7 Å². The molecule has 0 amide bonds. The van der Waals surface area contributed by atoms with E-state index in [1.54, 1.807) is 78.8 Å². The van der Waals surface area contributed by atoms with Gasteiger partial charge in [-0.15, -0.1) is 0 Å². The lowest BCUT2D eigenvalue weighted by Crippen LogP contribution is -2.12. The Kier molecular flexibility index (Phi) is 18.1. The highest BCUT2D eigenvalue weighted by Crippen LogP contribution is 2.29. The number of para-hydroxylation sites is 1. The molecule has 5 rings (SSSR count). The molecule has 0 saturated heterocycles. The molecule has 0 fully saturated rings. The number of carbonyl (C=O) groups excluding carboxylic acids is 4. The second kappa shape index (κ2) is 24.3. The van der Waals surface area contributed by atoms with Gasteiger partial charge in [0.1, 0.15) is 23.0 Å². The molecule has 0 spiro atoms. The third-order valence-electron chi connectivity index (χ3n) is 8.94. The zero-order valence-corrected chi connectivity index (χ0v) is 34.9. The predicted octanol–water partition coefficient (Wildman–Crippen LogP) is 9.54. The maximum atomic E-state index is 13.3. The lowest BCUT2D eigenvalue weighted by Gasteiger charge is -2.12. The molecule has 0 N–H and O–H groups in total. The summed E-state index contributed by atoms with van der Waals surface area (Å²) in [6.07, 6.45) is 10.7. The van der Waals surface area contributed by atoms with E-state index in [9.17, 15) is 19.2 Å². The van der Waals surface area contributed by atoms with E-state index in [1.165, 1.54) is 17.6 Å². The zero-order valence-electron chi connectivity index (χ0n) is 34.1. The minimum absolute atomic E-state index is 0.198. The van der Waals surface area contributed by atoms with Gasteiger partial charge in [0, 0.05) is 24.8 Å². The molecule has 0 saturated carbocycles. The van der Waals surface area contributed by atoms with Crippen LogP contribution in [0.15, 0.2) is 121 Å². The molecule has 0 atom stereocenters. The van der Waals surface area contributed by atoms with Gasteiger partial charge >= 0.3 is 23.9 Å². The van der Waals surface area contributed by atoms with Crippen molar-refractivity contribution in [1.29, 1.82) is 0 Å². The molecule has 61 heavy (non-hydrogen) atoms. The number of rotatable bonds is 25. The number of hydrogen-bond donors (Lipinski definition) is 0. The number of hydrazone groups is 1. The summed E-state index contributed by atoms with van der Waals surface area (Å²) in [5, 5.41) is 6.84. The van der Waals surface area contributed by atoms with Gasteiger partial charge in [-0.3, -0.25) is 0 Å². The van der Waals surface area contributed by atoms with Crippen LogP contribution >= 0.6 is 11.3 Å². The Morgan fingerprint density at radius 1 is 0.639 bits per heavy atom. The molecule has 1 aromatic heterocycles. The Morgan fingerprint density at radius 2 is 1.15 bits per heavy atom. The minimum Gasteiger partial charge on any atom is -0.494 e. The van der Waals surface area contributed by atoms with Crippen molar-refractivity contribution in [3.8, 4) is 23.0 Å². The molecule has 0 unspecified atom stereocenters. The molecule has 4 aromatic carbocycles. The second-order valence-corrected chi connectivity index (χ2v) is 14.5. The number of carbonyl (C=O) groups is 4. The highest BCUT2D eigenvalue weighted by atomic mass is 32.1. The van der Waals surface area contributed by atoms with Crippen molar-refractivity contribution in [2.24, 2.45) is 5.10 Å². The average molecular weight is 848 g/mol. The molecule has 0 aliphatic heterocycles. The van der Waals surface area contributed by atoms with E-state index in [1.807, 2.05) is 24.3 Å². The molecule has 0 aliphatic rings. The largest absolute Gasteiger partial charge is 0.494 e. The van der Waals surface area contributed by atoms with E-state index < -0.39 is 23.9 Å². The van der Waals surface area contributed by atoms with Crippen molar-refractivity contribution in [2.75, 3.05) is 38.5 Å². The van der Waals surface area contributed by atoms with Gasteiger partial charge in [-0.2, -0.15) is 5.10 Å². The van der Waals surface area contributed by atoms with Gasteiger partial charge in [0.15, 0.2) is 0 Å². The van der Waals surface area contributed by atoms with Gasteiger partial charge in [0.05, 0.1) is 54.0 Å². The number of nitrogens with zero attached hydrogens (tertiary/aromatic N) is 3. The average Bonchev–Trinajstić information content (AvgIpc) is 3.73. The van der Waals surface area contributed by atoms with Gasteiger partial charge in [0.25, 0.3) is 0 Å². The summed E-state index contributed by atoms with van der Waals surface area (Å²) in [6, 6.07) is 25.8. The van der Waals surface area contributed by atoms with Crippen molar-refractivity contribution in [3.63, 3.8) is 0 Å². The number of benzene rings is 4. The topological polar surface area (TPSA) is 152 Å². The van der Waals surface area contributed by atoms with Gasteiger partial charge in [-0.05, 0) is 130 Å². The normalized spacial score (nSPS) is 10.8. The fourth-order valence-electron chi connectivity index (χ4n) is 5.64. The fourth-order valence-corrected chi connectivity index (χ4v) is 6.52. The Balaban J connectivity index is 1.17. The first-order valence-electron chi connectivity index (χ1n) is 20.0. The molecule has 0 bridgehead atoms. The van der Waals surface area contributed by atoms with Gasteiger partial charge in [-0.25, -0.2) is 29.2 Å². The Bertz CT molecular complexity index is 2240. The van der Waals surface area contributed by atoms with Crippen LogP contribution in [0.4, 0.5) is 5.13 Å². The summed E-state index contributed by atoms with van der Waals surface area (Å²) in [4.78, 5) is 53.4. The summed E-state index contributed by atoms with van der Waals surface area (Å²) < 4.78 is 34.2. The van der Waals surface area contributed by atoms with Crippen LogP contribution in [0, 0.1) is 0 Å². The lowest BCUT2D eigenvalue weighted by molar-refractivity contribution is -0.138. The lowest BCUT2D eigenvalue weighted by atomic mass is 10.2. The van der Waals surface area contributed by atoms with E-state index in [0.29, 0.717) is 59.7 Å². The van der Waals surface area contributed by atoms with Crippen LogP contribution < -0.4 is 24.0 Å². The molecule has 1 heterocycles. The van der Waals surface area contributed by atoms with Crippen LogP contribution in [0.25, 0.3) is 10.2 Å². The number of ether oxygens (including phenoxy) is 6. The Hall–Kier alpha value is -6.80. The quantitative estimate of drug-likeness (QED) is 0.0137. The van der Waals surface area contributed by atoms with Gasteiger partial charge in [-0.1, -0.05) is 36.6 Å². The van der Waals surface area contributed by atoms with Crippen molar-refractivity contribution in [1.82, 2.24) is 4.98 Å². The van der Waals surface area contributed by atoms with Gasteiger partial charge < -0.3 is 28.4 Å². The first kappa shape index (κ1) is 45.3. The predicted molar refractivity (Wildman–Crippen MR) is 235 cm³/mol. The number of esters is 4. The molecule has 0 radical (unpaired) electrons. The highest BCUT2D eigenvalue weighted by molar-refractivity contribution is 7.22. The number of anilines is 1. The molecule has 5 aromatic rings. The molecule has 13 nitrogen and oxygen atoms in total. The summed E-state index contributed by atoms with van der Waals surface area (Å²) in [5.74, 6) is -0.372. The van der Waals surface area contributed by atoms with E-state index in [4.69, 9.17) is 28.4 Å². The SMILES string of the molecule is C=CC(=O)OCCCCCCOc1ccc(C(=O)Oc2ccc(OC(=O)c3ccc(OCCCCCCOC(=O)C=C)cc3)c(C=NN(C)c3nc4ccccc4s3)c2)cc1. The summed E-state index contributed by atoms with van der Waals surface area (Å²) in [7, 11) is 1.76. The Morgan fingerprint density at radius 3 is 1.69 bits per heavy atom. The van der Waals surface area contributed by atoms with E-state index >= 15 is 0 Å². The molecular formula is C47H49N3O10S. The maximum absolute atomic E-state index is 13.3. The molecule has 14 heteroatoms. The van der Waals surface area contributed by atoms with Crippen LogP contribution in [0.3, 0.4) is 0 Å². The first-order valence-corrected chi connectivity index (χ1v) is 20.8. The monoisotopic (exact) mass is 847 g/mol. The van der Waals surface area contributed by atoms with E-state index in [-0.39, 0.29) is 11.5 Å². The van der Waals surface area contributed by atoms with Crippen LogP contribution in [-0.2, 0) is 19.1 Å². The van der Waals surface area contributed by atoms with Crippen molar-refractivity contribution in [2.45, 2.75) is 51.4 Å². The van der Waals surface area contributed by atoms with Crippen molar-refractivity contribution < 1.29 is 47.6 Å². The van der Waals surface area contributed by atoms with E-state index in [2.05, 4.69) is 23.2 Å². The summed E-state index contributed by atoms with van der Waals surface area (Å²) in [5.41, 5.74) is 1.86. The van der Waals surface area contributed by atoms with Crippen molar-refractivity contribution >= 4 is 56.8 Å². The molecule has 318 valence electrons. The van der Waals surface area contributed by atoms with Crippen LogP contribution in [-0.4, -0.2) is 68.6 Å². The Labute approximate surface area is 359 Å². The molecule has 0 aliphatic carbocycles. The van der Waals surface area contributed by atoms with Crippen LogP contribution in [0.5, 0.6) is 23.0 Å². The first-order chi connectivity index (χ1) is 29.7. The smallest absolute Gasteiger partial charge is 0.343 e. The minimum atomic E-state index is -0.600. The zero-order chi connectivity index (χ0) is 43.2. The number of aromatic nitrogens is 1. The number of fused-ring (bicyclic) bond motifs is 1. The van der Waals surface area contributed by atoms with Crippen molar-refractivity contribution in [3.05, 3.63) is 133 Å². The van der Waals surface area contributed by atoms with Gasteiger partial charge in [0.2, 0.25) is 5.13 Å². The number of thiazole rings is 1. The highest BCUT2D eigenvalue weighted by Gasteiger charge is 2.16. The second-order valence-electron chi connectivity index (χ2n) is 13.5. The number of hydrogen-bond acceptors (Lipinski definition) is 14. The summed E-state index contributed by atoms with van der Waals surface area (Å²) >= 11 is 1.48. The summed E-state index contributed by atoms with van der Waals surface area (Å²) in [6.45, 7) is 8.50.